The summed E-state index contributed by atoms with van der Waals surface area (Å²) in [5.41, 5.74) is 0. The summed E-state index contributed by atoms with van der Waals surface area (Å²) in [5, 5.41) is 8.45. The molecule has 0 spiro atoms. The van der Waals surface area contributed by atoms with Crippen LogP contribution in [0.3, 0.4) is 0 Å². The maximum absolute atomic E-state index is 11.4. The average molecular weight is 395 g/mol. The second-order valence-corrected chi connectivity index (χ2v) is 7.83. The SMILES string of the molecule is CCCCCCCCCCCCCCCC(=O)OOP(=O)([O-])OCCO. The van der Waals surface area contributed by atoms with E-state index in [9.17, 15) is 14.3 Å². The summed E-state index contributed by atoms with van der Waals surface area (Å²) in [7, 11) is -4.69. The number of hydrogen-bond donors (Lipinski definition) is 1. The third-order valence-corrected chi connectivity index (χ3v) is 4.80. The predicted molar refractivity (Wildman–Crippen MR) is 98.1 cm³/mol. The van der Waals surface area contributed by atoms with Gasteiger partial charge in [0.25, 0.3) is 0 Å². The predicted octanol–water partition coefficient (Wildman–Crippen LogP) is 4.42. The molecule has 0 heterocycles. The van der Waals surface area contributed by atoms with E-state index in [-0.39, 0.29) is 6.42 Å². The molecule has 8 heteroatoms. The van der Waals surface area contributed by atoms with E-state index < -0.39 is 27.0 Å². The number of carbonyl (C=O) groups is 1. The van der Waals surface area contributed by atoms with Gasteiger partial charge in [-0.2, -0.15) is 0 Å². The molecule has 0 aliphatic rings. The summed E-state index contributed by atoms with van der Waals surface area (Å²) in [6.45, 7) is 1.33. The normalized spacial score (nSPS) is 13.5. The first-order valence-electron chi connectivity index (χ1n) is 9.97. The van der Waals surface area contributed by atoms with Gasteiger partial charge in [-0.25, -0.2) is 4.79 Å². The van der Waals surface area contributed by atoms with Crippen molar-refractivity contribution in [2.45, 2.75) is 96.8 Å². The van der Waals surface area contributed by atoms with Crippen LogP contribution in [0.4, 0.5) is 0 Å². The first-order chi connectivity index (χ1) is 12.5. The van der Waals surface area contributed by atoms with E-state index in [1.165, 1.54) is 57.8 Å². The molecular weight excluding hydrogens is 359 g/mol. The van der Waals surface area contributed by atoms with Crippen LogP contribution in [0, 0.1) is 0 Å². The van der Waals surface area contributed by atoms with Gasteiger partial charge >= 0.3 is 13.8 Å². The molecule has 0 aromatic heterocycles. The zero-order valence-corrected chi connectivity index (χ0v) is 17.1. The van der Waals surface area contributed by atoms with Crippen LogP contribution < -0.4 is 4.89 Å². The second kappa shape index (κ2) is 17.9. The van der Waals surface area contributed by atoms with Crippen LogP contribution >= 0.6 is 7.82 Å². The molecule has 0 aromatic carbocycles. The topological polar surface area (TPSA) is 105 Å². The molecule has 156 valence electrons. The molecule has 0 aliphatic carbocycles. The Labute approximate surface area is 158 Å². The summed E-state index contributed by atoms with van der Waals surface area (Å²) in [6.07, 6.45) is 15.7. The minimum absolute atomic E-state index is 0.109. The number of phosphoric ester groups is 1. The van der Waals surface area contributed by atoms with Crippen molar-refractivity contribution < 1.29 is 33.4 Å². The number of aliphatic hydroxyl groups excluding tert-OH is 1. The van der Waals surface area contributed by atoms with Crippen molar-refractivity contribution >= 4 is 13.8 Å². The summed E-state index contributed by atoms with van der Waals surface area (Å²) in [4.78, 5) is 26.6. The van der Waals surface area contributed by atoms with Gasteiger partial charge < -0.3 is 14.5 Å². The smallest absolute Gasteiger partial charge is 0.342 e. The number of phosphoric acid groups is 1. The van der Waals surface area contributed by atoms with Crippen molar-refractivity contribution in [1.29, 1.82) is 0 Å². The molecule has 0 bridgehead atoms. The van der Waals surface area contributed by atoms with Gasteiger partial charge in [-0.05, 0) is 6.42 Å². The maximum Gasteiger partial charge on any atom is 0.342 e. The van der Waals surface area contributed by atoms with E-state index in [0.717, 1.165) is 19.3 Å². The summed E-state index contributed by atoms with van der Waals surface area (Å²) in [6, 6.07) is 0. The Hall–Kier alpha value is -0.460. The number of unbranched alkanes of at least 4 members (excludes halogenated alkanes) is 12. The highest BCUT2D eigenvalue weighted by atomic mass is 31.2. The van der Waals surface area contributed by atoms with Crippen molar-refractivity contribution in [3.05, 3.63) is 0 Å². The second-order valence-electron chi connectivity index (χ2n) is 6.53. The van der Waals surface area contributed by atoms with Gasteiger partial charge in [-0.3, -0.25) is 9.45 Å². The lowest BCUT2D eigenvalue weighted by Crippen LogP contribution is -2.13. The number of hydrogen-bond acceptors (Lipinski definition) is 7. The van der Waals surface area contributed by atoms with Crippen LogP contribution in [0.15, 0.2) is 0 Å². The van der Waals surface area contributed by atoms with Gasteiger partial charge in [0.15, 0.2) is 0 Å². The maximum atomic E-state index is 11.4. The largest absolute Gasteiger partial charge is 0.754 e. The lowest BCUT2D eigenvalue weighted by atomic mass is 10.0. The third kappa shape index (κ3) is 18.3. The molecule has 0 saturated carbocycles. The standard InChI is InChI=1S/C18H37O7P/c1-2-3-4-5-6-7-8-9-10-11-12-13-14-15-18(20)24-25-26(21,22)23-17-16-19/h19H,2-17H2,1H3,(H,21,22)/p-1. The third-order valence-electron chi connectivity index (χ3n) is 4.05. The molecule has 0 amide bonds. The fourth-order valence-corrected chi connectivity index (χ4v) is 3.11. The monoisotopic (exact) mass is 395 g/mol. The van der Waals surface area contributed by atoms with Crippen LogP contribution in [0.25, 0.3) is 0 Å². The molecule has 7 nitrogen and oxygen atoms in total. The molecule has 0 radical (unpaired) electrons. The highest BCUT2D eigenvalue weighted by molar-refractivity contribution is 7.45. The van der Waals surface area contributed by atoms with Crippen molar-refractivity contribution in [2.75, 3.05) is 13.2 Å². The first-order valence-corrected chi connectivity index (χ1v) is 11.4. The zero-order chi connectivity index (χ0) is 19.5. The number of aliphatic hydroxyl groups is 1. The van der Waals surface area contributed by atoms with Gasteiger partial charge in [0.2, 0.25) is 0 Å². The molecule has 0 aromatic rings. The van der Waals surface area contributed by atoms with Crippen molar-refractivity contribution in [1.82, 2.24) is 0 Å². The molecule has 26 heavy (non-hydrogen) atoms. The zero-order valence-electron chi connectivity index (χ0n) is 16.2. The molecule has 1 unspecified atom stereocenters. The molecule has 0 fully saturated rings. The van der Waals surface area contributed by atoms with Crippen LogP contribution in [0.2, 0.25) is 0 Å². The first kappa shape index (κ1) is 25.5. The molecular formula is C18H36O7P-. The highest BCUT2D eigenvalue weighted by Gasteiger charge is 2.14. The molecule has 0 aliphatic heterocycles. The van der Waals surface area contributed by atoms with Crippen LogP contribution in [-0.4, -0.2) is 24.3 Å². The van der Waals surface area contributed by atoms with Crippen LogP contribution in [-0.2, 0) is 23.4 Å². The van der Waals surface area contributed by atoms with Gasteiger partial charge in [-0.15, -0.1) is 4.67 Å². The van der Waals surface area contributed by atoms with Crippen molar-refractivity contribution in [2.24, 2.45) is 0 Å². The van der Waals surface area contributed by atoms with Crippen molar-refractivity contribution in [3.8, 4) is 0 Å². The Morgan fingerprint density at radius 1 is 0.885 bits per heavy atom. The fourth-order valence-electron chi connectivity index (χ4n) is 2.59. The fraction of sp³-hybridized carbons (Fsp3) is 0.944. The van der Waals surface area contributed by atoms with E-state index >= 15 is 0 Å². The van der Waals surface area contributed by atoms with Crippen molar-refractivity contribution in [3.63, 3.8) is 0 Å². The van der Waals surface area contributed by atoms with E-state index in [1.54, 1.807) is 0 Å². The summed E-state index contributed by atoms with van der Waals surface area (Å²) >= 11 is 0. The van der Waals surface area contributed by atoms with Gasteiger partial charge in [-0.1, -0.05) is 84.0 Å². The Morgan fingerprint density at radius 2 is 1.35 bits per heavy atom. The average Bonchev–Trinajstić information content (AvgIpc) is 2.62. The highest BCUT2D eigenvalue weighted by Crippen LogP contribution is 2.38. The Bertz CT molecular complexity index is 377. The van der Waals surface area contributed by atoms with E-state index in [4.69, 9.17) is 5.11 Å². The van der Waals surface area contributed by atoms with Gasteiger partial charge in [0.1, 0.15) is 0 Å². The Balaban J connectivity index is 3.34. The Morgan fingerprint density at radius 3 is 1.81 bits per heavy atom. The molecule has 0 saturated heterocycles. The summed E-state index contributed by atoms with van der Waals surface area (Å²) in [5.74, 6) is -0.739. The lowest BCUT2D eigenvalue weighted by Gasteiger charge is -2.19. The Kier molecular flexibility index (Phi) is 17.6. The molecule has 1 N–H and O–H groups in total. The van der Waals surface area contributed by atoms with Gasteiger partial charge in [0, 0.05) is 6.42 Å². The van der Waals surface area contributed by atoms with E-state index in [2.05, 4.69) is 21.0 Å². The molecule has 0 rings (SSSR count). The van der Waals surface area contributed by atoms with Crippen LogP contribution in [0.1, 0.15) is 96.8 Å². The quantitative estimate of drug-likeness (QED) is 0.149. The van der Waals surface area contributed by atoms with E-state index in [0.29, 0.717) is 6.42 Å². The minimum atomic E-state index is -4.69. The summed E-state index contributed by atoms with van der Waals surface area (Å²) < 4.78 is 19.3. The number of rotatable bonds is 19. The molecule has 1 atom stereocenters. The lowest BCUT2D eigenvalue weighted by molar-refractivity contribution is -0.293. The van der Waals surface area contributed by atoms with E-state index in [1.807, 2.05) is 0 Å². The number of carbonyl (C=O) groups excluding carboxylic acids is 1. The minimum Gasteiger partial charge on any atom is -0.754 e. The van der Waals surface area contributed by atoms with Gasteiger partial charge in [0.05, 0.1) is 13.2 Å². The van der Waals surface area contributed by atoms with Crippen LogP contribution in [0.5, 0.6) is 0 Å².